The van der Waals surface area contributed by atoms with Gasteiger partial charge >= 0.3 is 0 Å². The topological polar surface area (TPSA) is 95.0 Å². The number of nitriles is 1. The SMILES string of the molecule is CC(C)(C)N=NC(C)(C#N)CCCOc1ccc(C(=O)c2ccccc2O)cc1. The molecule has 152 valence electrons. The standard InChI is InChI=1S/C23H27N3O3/c1-22(2,3)25-26-23(4,16-24)14-7-15-29-18-12-10-17(11-13-18)21(28)19-8-5-6-9-20(19)27/h5-6,8-13,27H,7,14-15H2,1-4H3. The second-order valence-electron chi connectivity index (χ2n) is 8.08. The predicted octanol–water partition coefficient (Wildman–Crippen LogP) is 5.32. The number of phenolic OH excluding ortho intramolecular Hbond substituents is 1. The maximum absolute atomic E-state index is 12.5. The summed E-state index contributed by atoms with van der Waals surface area (Å²) in [6.45, 7) is 8.00. The van der Waals surface area contributed by atoms with Crippen LogP contribution in [0.4, 0.5) is 0 Å². The minimum Gasteiger partial charge on any atom is -0.507 e. The van der Waals surface area contributed by atoms with Gasteiger partial charge in [0.05, 0.1) is 23.8 Å². The fourth-order valence-corrected chi connectivity index (χ4v) is 2.52. The molecule has 0 saturated carbocycles. The van der Waals surface area contributed by atoms with Crippen LogP contribution in [0.2, 0.25) is 0 Å². The van der Waals surface area contributed by atoms with Crippen LogP contribution in [0.1, 0.15) is 56.5 Å². The maximum atomic E-state index is 12.5. The minimum absolute atomic E-state index is 0.0398. The highest BCUT2D eigenvalue weighted by Gasteiger charge is 2.24. The molecular formula is C23H27N3O3. The third-order valence-corrected chi connectivity index (χ3v) is 4.15. The van der Waals surface area contributed by atoms with Gasteiger partial charge in [-0.25, -0.2) is 0 Å². The average Bonchev–Trinajstić information content (AvgIpc) is 2.69. The zero-order chi connectivity index (χ0) is 21.5. The first kappa shape index (κ1) is 22.1. The highest BCUT2D eigenvalue weighted by atomic mass is 16.5. The Morgan fingerprint density at radius 2 is 1.72 bits per heavy atom. The molecule has 2 aromatic carbocycles. The molecule has 2 rings (SSSR count). The van der Waals surface area contributed by atoms with Crippen LogP contribution in [0.15, 0.2) is 58.8 Å². The largest absolute Gasteiger partial charge is 0.507 e. The van der Waals surface area contributed by atoms with Crippen LogP contribution in [0.5, 0.6) is 11.5 Å². The Kier molecular flexibility index (Phi) is 7.11. The quantitative estimate of drug-likeness (QED) is 0.373. The van der Waals surface area contributed by atoms with Crippen molar-refractivity contribution in [3.05, 3.63) is 59.7 Å². The normalized spacial score (nSPS) is 13.6. The summed E-state index contributed by atoms with van der Waals surface area (Å²) in [4.78, 5) is 12.5. The fraction of sp³-hybridized carbons (Fsp3) is 0.391. The van der Waals surface area contributed by atoms with Gasteiger partial charge in [-0.05, 0) is 76.9 Å². The van der Waals surface area contributed by atoms with Gasteiger partial charge in [0.2, 0.25) is 0 Å². The number of carbonyl (C=O) groups is 1. The lowest BCUT2D eigenvalue weighted by molar-refractivity contribution is 0.103. The number of carbonyl (C=O) groups excluding carboxylic acids is 1. The van der Waals surface area contributed by atoms with Crippen molar-refractivity contribution in [1.82, 2.24) is 0 Å². The van der Waals surface area contributed by atoms with E-state index in [1.807, 2.05) is 20.8 Å². The van der Waals surface area contributed by atoms with Crippen LogP contribution in [-0.2, 0) is 0 Å². The van der Waals surface area contributed by atoms with Crippen LogP contribution < -0.4 is 4.74 Å². The Balaban J connectivity index is 1.89. The van der Waals surface area contributed by atoms with Crippen LogP contribution in [0.3, 0.4) is 0 Å². The molecule has 0 aliphatic rings. The Bertz CT molecular complexity index is 908. The molecule has 6 nitrogen and oxygen atoms in total. The number of aromatic hydroxyl groups is 1. The molecule has 0 aromatic heterocycles. The smallest absolute Gasteiger partial charge is 0.196 e. The van der Waals surface area contributed by atoms with Gasteiger partial charge in [0.15, 0.2) is 11.3 Å². The molecule has 0 radical (unpaired) electrons. The van der Waals surface area contributed by atoms with Crippen LogP contribution >= 0.6 is 0 Å². The van der Waals surface area contributed by atoms with Crippen molar-refractivity contribution in [2.24, 2.45) is 10.2 Å². The van der Waals surface area contributed by atoms with Crippen molar-refractivity contribution in [2.45, 2.75) is 51.6 Å². The van der Waals surface area contributed by atoms with E-state index in [9.17, 15) is 15.2 Å². The Morgan fingerprint density at radius 3 is 2.31 bits per heavy atom. The minimum atomic E-state index is -0.870. The van der Waals surface area contributed by atoms with E-state index < -0.39 is 5.54 Å². The number of benzene rings is 2. The Labute approximate surface area is 171 Å². The van der Waals surface area contributed by atoms with E-state index in [4.69, 9.17) is 4.74 Å². The van der Waals surface area contributed by atoms with Gasteiger partial charge < -0.3 is 9.84 Å². The van der Waals surface area contributed by atoms with E-state index in [1.165, 1.54) is 6.07 Å². The molecule has 0 saturated heterocycles. The first-order valence-corrected chi connectivity index (χ1v) is 9.54. The van der Waals surface area contributed by atoms with Gasteiger partial charge in [-0.15, -0.1) is 0 Å². The number of nitrogens with zero attached hydrogens (tertiary/aromatic N) is 3. The van der Waals surface area contributed by atoms with Crippen LogP contribution in [0.25, 0.3) is 0 Å². The van der Waals surface area contributed by atoms with Crippen LogP contribution in [0, 0.1) is 11.3 Å². The third-order valence-electron chi connectivity index (χ3n) is 4.15. The lowest BCUT2D eigenvalue weighted by Crippen LogP contribution is -2.21. The zero-order valence-electron chi connectivity index (χ0n) is 17.3. The molecule has 0 spiro atoms. The second kappa shape index (κ2) is 9.33. The third kappa shape index (κ3) is 6.72. The average molecular weight is 393 g/mol. The van der Waals surface area contributed by atoms with Gasteiger partial charge in [0.1, 0.15) is 11.5 Å². The number of hydrogen-bond donors (Lipinski definition) is 1. The van der Waals surface area contributed by atoms with Crippen LogP contribution in [-0.4, -0.2) is 28.6 Å². The molecule has 0 heterocycles. The van der Waals surface area contributed by atoms with Crippen molar-refractivity contribution >= 4 is 5.78 Å². The van der Waals surface area contributed by atoms with Crippen molar-refractivity contribution in [3.8, 4) is 17.6 Å². The number of azo groups is 1. The van der Waals surface area contributed by atoms with Gasteiger partial charge in [-0.1, -0.05) is 12.1 Å². The molecule has 0 fully saturated rings. The number of phenols is 1. The summed E-state index contributed by atoms with van der Waals surface area (Å²) in [5.74, 6) is 0.347. The van der Waals surface area contributed by atoms with Crippen molar-refractivity contribution in [2.75, 3.05) is 6.61 Å². The molecule has 29 heavy (non-hydrogen) atoms. The van der Waals surface area contributed by atoms with E-state index >= 15 is 0 Å². The van der Waals surface area contributed by atoms with Crippen molar-refractivity contribution in [1.29, 1.82) is 5.26 Å². The zero-order valence-corrected chi connectivity index (χ0v) is 17.3. The molecule has 6 heteroatoms. The first-order valence-electron chi connectivity index (χ1n) is 9.54. The molecular weight excluding hydrogens is 366 g/mol. The first-order chi connectivity index (χ1) is 13.6. The molecule has 0 aliphatic heterocycles. The molecule has 0 bridgehead atoms. The number of ether oxygens (including phenoxy) is 1. The van der Waals surface area contributed by atoms with Crippen molar-refractivity contribution < 1.29 is 14.6 Å². The summed E-state index contributed by atoms with van der Waals surface area (Å²) in [6.07, 6.45) is 1.18. The molecule has 0 aliphatic carbocycles. The summed E-state index contributed by atoms with van der Waals surface area (Å²) in [5.41, 5.74) is -0.450. The molecule has 1 atom stereocenters. The van der Waals surface area contributed by atoms with Gasteiger partial charge in [0.25, 0.3) is 0 Å². The van der Waals surface area contributed by atoms with E-state index in [2.05, 4.69) is 16.3 Å². The molecule has 0 amide bonds. The molecule has 1 N–H and O–H groups in total. The summed E-state index contributed by atoms with van der Waals surface area (Å²) < 4.78 is 5.71. The summed E-state index contributed by atoms with van der Waals surface area (Å²) in [7, 11) is 0. The number of hydrogen-bond acceptors (Lipinski definition) is 6. The lowest BCUT2D eigenvalue weighted by atomic mass is 9.99. The van der Waals surface area contributed by atoms with Gasteiger partial charge in [-0.2, -0.15) is 15.5 Å². The number of rotatable bonds is 8. The van der Waals surface area contributed by atoms with E-state index in [0.717, 1.165) is 0 Å². The van der Waals surface area contributed by atoms with E-state index in [1.54, 1.807) is 49.4 Å². The monoisotopic (exact) mass is 393 g/mol. The number of para-hydroxylation sites is 1. The van der Waals surface area contributed by atoms with Gasteiger partial charge in [0, 0.05) is 5.56 Å². The highest BCUT2D eigenvalue weighted by molar-refractivity contribution is 6.10. The maximum Gasteiger partial charge on any atom is 0.196 e. The van der Waals surface area contributed by atoms with Crippen molar-refractivity contribution in [3.63, 3.8) is 0 Å². The van der Waals surface area contributed by atoms with E-state index in [0.29, 0.717) is 30.8 Å². The van der Waals surface area contributed by atoms with Gasteiger partial charge in [-0.3, -0.25) is 4.79 Å². The summed E-state index contributed by atoms with van der Waals surface area (Å²) >= 11 is 0. The lowest BCUT2D eigenvalue weighted by Gasteiger charge is -2.18. The molecule has 1 unspecified atom stereocenters. The molecule has 2 aromatic rings. The fourth-order valence-electron chi connectivity index (χ4n) is 2.52. The highest BCUT2D eigenvalue weighted by Crippen LogP contribution is 2.23. The summed E-state index contributed by atoms with van der Waals surface area (Å²) in [6, 6.07) is 15.4. The second-order valence-corrected chi connectivity index (χ2v) is 8.08. The summed E-state index contributed by atoms with van der Waals surface area (Å²) in [5, 5.41) is 27.6. The van der Waals surface area contributed by atoms with E-state index in [-0.39, 0.29) is 22.6 Å². The number of ketones is 1. The Morgan fingerprint density at radius 1 is 1.07 bits per heavy atom. The Hall–Kier alpha value is -3.20. The predicted molar refractivity (Wildman–Crippen MR) is 111 cm³/mol.